The second kappa shape index (κ2) is 6.01. The molecule has 3 rings (SSSR count). The van der Waals surface area contributed by atoms with Gasteiger partial charge in [0, 0.05) is 6.61 Å². The van der Waals surface area contributed by atoms with Crippen molar-refractivity contribution < 1.29 is 9.53 Å². The predicted octanol–water partition coefficient (Wildman–Crippen LogP) is 0.960. The van der Waals surface area contributed by atoms with E-state index >= 15 is 0 Å². The highest BCUT2D eigenvalue weighted by atomic mass is 16.5. The summed E-state index contributed by atoms with van der Waals surface area (Å²) < 4.78 is 7.08. The van der Waals surface area contributed by atoms with E-state index in [1.807, 2.05) is 25.1 Å². The largest absolute Gasteiger partial charge is 0.376 e. The molecule has 0 unspecified atom stereocenters. The Hall–Kier alpha value is -2.28. The molecule has 2 heterocycles. The standard InChI is InChI=1S/C14H17N5O2/c1-10(13-7-4-8-21-13)16-14(20)11-5-2-3-6-12(11)19-9-15-17-18-19/h2-3,5-6,9-10,13H,4,7-8H2,1H3,(H,16,20)/t10-,13-/m1/s1. The number of benzene rings is 1. The van der Waals surface area contributed by atoms with Crippen LogP contribution >= 0.6 is 0 Å². The van der Waals surface area contributed by atoms with Crippen molar-refractivity contribution in [2.24, 2.45) is 0 Å². The lowest BCUT2D eigenvalue weighted by atomic mass is 10.1. The Kier molecular flexibility index (Phi) is 3.92. The summed E-state index contributed by atoms with van der Waals surface area (Å²) in [5.41, 5.74) is 1.19. The van der Waals surface area contributed by atoms with Gasteiger partial charge in [-0.2, -0.15) is 4.68 Å². The molecule has 110 valence electrons. The highest BCUT2D eigenvalue weighted by molar-refractivity contribution is 5.97. The van der Waals surface area contributed by atoms with Crippen LogP contribution in [0.25, 0.3) is 5.69 Å². The monoisotopic (exact) mass is 287 g/mol. The highest BCUT2D eigenvalue weighted by Gasteiger charge is 2.24. The fourth-order valence-corrected chi connectivity index (χ4v) is 2.51. The lowest BCUT2D eigenvalue weighted by Gasteiger charge is -2.20. The second-order valence-corrected chi connectivity index (χ2v) is 5.09. The van der Waals surface area contributed by atoms with Crippen molar-refractivity contribution in [3.8, 4) is 5.69 Å². The van der Waals surface area contributed by atoms with Gasteiger partial charge in [0.2, 0.25) is 0 Å². The molecule has 0 bridgehead atoms. The average Bonchev–Trinajstić information content (AvgIpc) is 3.20. The Balaban J connectivity index is 1.78. The number of hydrogen-bond donors (Lipinski definition) is 1. The number of hydrogen-bond acceptors (Lipinski definition) is 5. The maximum atomic E-state index is 12.5. The SMILES string of the molecule is C[C@@H](NC(=O)c1ccccc1-n1cnnn1)[C@H]1CCCO1. The summed E-state index contributed by atoms with van der Waals surface area (Å²) in [6.07, 6.45) is 3.59. The fraction of sp³-hybridized carbons (Fsp3) is 0.429. The predicted molar refractivity (Wildman–Crippen MR) is 75.1 cm³/mol. The molecule has 21 heavy (non-hydrogen) atoms. The molecule has 1 aliphatic rings. The molecule has 0 radical (unpaired) electrons. The van der Waals surface area contributed by atoms with Crippen LogP contribution in [-0.4, -0.2) is 44.9 Å². The minimum atomic E-state index is -0.149. The van der Waals surface area contributed by atoms with E-state index in [1.165, 1.54) is 11.0 Å². The number of amides is 1. The van der Waals surface area contributed by atoms with Crippen LogP contribution in [0.15, 0.2) is 30.6 Å². The lowest BCUT2D eigenvalue weighted by molar-refractivity contribution is 0.0712. The zero-order valence-electron chi connectivity index (χ0n) is 11.8. The van der Waals surface area contributed by atoms with Gasteiger partial charge in [-0.25, -0.2) is 0 Å². The van der Waals surface area contributed by atoms with Gasteiger partial charge in [-0.1, -0.05) is 12.1 Å². The van der Waals surface area contributed by atoms with E-state index in [0.717, 1.165) is 19.4 Å². The van der Waals surface area contributed by atoms with Crippen molar-refractivity contribution >= 4 is 5.91 Å². The van der Waals surface area contributed by atoms with Gasteiger partial charge in [0.15, 0.2) is 0 Å². The van der Waals surface area contributed by atoms with Crippen LogP contribution < -0.4 is 5.32 Å². The van der Waals surface area contributed by atoms with Crippen LogP contribution in [0.3, 0.4) is 0 Å². The fourth-order valence-electron chi connectivity index (χ4n) is 2.51. The molecule has 1 aliphatic heterocycles. The van der Waals surface area contributed by atoms with E-state index in [-0.39, 0.29) is 18.1 Å². The first-order valence-electron chi connectivity index (χ1n) is 7.00. The molecule has 1 aromatic heterocycles. The molecular formula is C14H17N5O2. The zero-order valence-corrected chi connectivity index (χ0v) is 11.8. The number of rotatable bonds is 4. The Morgan fingerprint density at radius 1 is 1.48 bits per heavy atom. The molecule has 1 fully saturated rings. The van der Waals surface area contributed by atoms with Crippen LogP contribution in [0.1, 0.15) is 30.1 Å². The molecular weight excluding hydrogens is 270 g/mol. The smallest absolute Gasteiger partial charge is 0.253 e. The van der Waals surface area contributed by atoms with E-state index < -0.39 is 0 Å². The number of nitrogens with zero attached hydrogens (tertiary/aromatic N) is 4. The van der Waals surface area contributed by atoms with Crippen LogP contribution in [-0.2, 0) is 4.74 Å². The van der Waals surface area contributed by atoms with Gasteiger partial charge in [0.25, 0.3) is 5.91 Å². The number of ether oxygens (including phenoxy) is 1. The summed E-state index contributed by atoms with van der Waals surface area (Å²) in [5, 5.41) is 14.0. The van der Waals surface area contributed by atoms with Gasteiger partial charge in [-0.15, -0.1) is 5.10 Å². The molecule has 0 saturated carbocycles. The summed E-state index contributed by atoms with van der Waals surface area (Å²) in [6, 6.07) is 7.20. The molecule has 1 aromatic carbocycles. The molecule has 7 heteroatoms. The van der Waals surface area contributed by atoms with Crippen LogP contribution in [0, 0.1) is 0 Å². The molecule has 7 nitrogen and oxygen atoms in total. The number of aromatic nitrogens is 4. The maximum absolute atomic E-state index is 12.5. The molecule has 0 aliphatic carbocycles. The van der Waals surface area contributed by atoms with Gasteiger partial charge in [-0.3, -0.25) is 4.79 Å². The molecule has 2 atom stereocenters. The molecule has 1 amide bonds. The average molecular weight is 287 g/mol. The minimum absolute atomic E-state index is 0.0260. The lowest BCUT2D eigenvalue weighted by Crippen LogP contribution is -2.41. The minimum Gasteiger partial charge on any atom is -0.376 e. The summed E-state index contributed by atoms with van der Waals surface area (Å²) in [5.74, 6) is -0.149. The third-order valence-electron chi connectivity index (χ3n) is 3.63. The molecule has 1 saturated heterocycles. The number of tetrazole rings is 1. The van der Waals surface area contributed by atoms with E-state index in [0.29, 0.717) is 11.3 Å². The summed E-state index contributed by atoms with van der Waals surface area (Å²) in [6.45, 7) is 2.74. The third kappa shape index (κ3) is 2.92. The summed E-state index contributed by atoms with van der Waals surface area (Å²) in [7, 11) is 0. The van der Waals surface area contributed by atoms with Crippen molar-refractivity contribution in [3.63, 3.8) is 0 Å². The van der Waals surface area contributed by atoms with Gasteiger partial charge in [0.1, 0.15) is 6.33 Å². The summed E-state index contributed by atoms with van der Waals surface area (Å²) in [4.78, 5) is 12.5. The Morgan fingerprint density at radius 3 is 3.05 bits per heavy atom. The topological polar surface area (TPSA) is 81.9 Å². The van der Waals surface area contributed by atoms with Gasteiger partial charge in [0.05, 0.1) is 23.4 Å². The molecule has 1 N–H and O–H groups in total. The van der Waals surface area contributed by atoms with Crippen LogP contribution in [0.2, 0.25) is 0 Å². The maximum Gasteiger partial charge on any atom is 0.253 e. The summed E-state index contributed by atoms with van der Waals surface area (Å²) >= 11 is 0. The van der Waals surface area contributed by atoms with E-state index in [2.05, 4.69) is 20.8 Å². The first-order chi connectivity index (χ1) is 10.3. The quantitative estimate of drug-likeness (QED) is 0.905. The van der Waals surface area contributed by atoms with Crippen molar-refractivity contribution in [1.29, 1.82) is 0 Å². The first kappa shape index (κ1) is 13.7. The number of para-hydroxylation sites is 1. The first-order valence-corrected chi connectivity index (χ1v) is 7.00. The van der Waals surface area contributed by atoms with Crippen LogP contribution in [0.4, 0.5) is 0 Å². The van der Waals surface area contributed by atoms with Gasteiger partial charge in [-0.05, 0) is 42.3 Å². The van der Waals surface area contributed by atoms with E-state index in [1.54, 1.807) is 6.07 Å². The Morgan fingerprint density at radius 2 is 2.33 bits per heavy atom. The van der Waals surface area contributed by atoms with E-state index in [9.17, 15) is 4.79 Å². The number of carbonyl (C=O) groups excluding carboxylic acids is 1. The third-order valence-corrected chi connectivity index (χ3v) is 3.63. The number of nitrogens with one attached hydrogen (secondary N) is 1. The second-order valence-electron chi connectivity index (χ2n) is 5.09. The van der Waals surface area contributed by atoms with Crippen molar-refractivity contribution in [1.82, 2.24) is 25.5 Å². The molecule has 2 aromatic rings. The van der Waals surface area contributed by atoms with E-state index in [4.69, 9.17) is 4.74 Å². The molecule has 0 spiro atoms. The Bertz CT molecular complexity index is 608. The van der Waals surface area contributed by atoms with Crippen molar-refractivity contribution in [2.45, 2.75) is 31.9 Å². The van der Waals surface area contributed by atoms with Gasteiger partial charge >= 0.3 is 0 Å². The zero-order chi connectivity index (χ0) is 14.7. The Labute approximate surface area is 122 Å². The highest BCUT2D eigenvalue weighted by Crippen LogP contribution is 2.17. The number of carbonyl (C=O) groups is 1. The van der Waals surface area contributed by atoms with Crippen LogP contribution in [0.5, 0.6) is 0 Å². The van der Waals surface area contributed by atoms with Crippen molar-refractivity contribution in [2.75, 3.05) is 6.61 Å². The van der Waals surface area contributed by atoms with Crippen molar-refractivity contribution in [3.05, 3.63) is 36.2 Å². The van der Waals surface area contributed by atoms with Gasteiger partial charge < -0.3 is 10.1 Å². The normalized spacial score (nSPS) is 19.4.